The molecule has 3 nitrogen and oxygen atoms in total. The number of carbonyl (C=O) groups excluding carboxylic acids is 1. The minimum Gasteiger partial charge on any atom is -0.332 e. The summed E-state index contributed by atoms with van der Waals surface area (Å²) in [6, 6.07) is 9.96. The van der Waals surface area contributed by atoms with Gasteiger partial charge in [-0.2, -0.15) is 0 Å². The van der Waals surface area contributed by atoms with Crippen LogP contribution in [0.15, 0.2) is 42.5 Å². The van der Waals surface area contributed by atoms with Crippen molar-refractivity contribution >= 4 is 35.0 Å². The Morgan fingerprint density at radius 3 is 2.25 bits per heavy atom. The molecule has 0 unspecified atom stereocenters. The van der Waals surface area contributed by atoms with Gasteiger partial charge in [-0.3, -0.25) is 10.1 Å². The molecule has 5 heteroatoms. The molecule has 24 heavy (non-hydrogen) atoms. The third-order valence-electron chi connectivity index (χ3n) is 3.45. The fourth-order valence-corrected chi connectivity index (χ4v) is 2.62. The molecule has 0 radical (unpaired) electrons. The number of anilines is 1. The largest absolute Gasteiger partial charge is 0.332 e. The summed E-state index contributed by atoms with van der Waals surface area (Å²) >= 11 is 5.19. The fourth-order valence-electron chi connectivity index (χ4n) is 2.42. The fraction of sp³-hybridized carbons (Fsp3) is 0.158. The Balaban J connectivity index is 1.97. The Hall–Kier alpha value is -2.53. The van der Waals surface area contributed by atoms with Gasteiger partial charge in [0.1, 0.15) is 5.82 Å². The quantitative estimate of drug-likeness (QED) is 0.646. The first-order valence-electron chi connectivity index (χ1n) is 7.48. The zero-order valence-electron chi connectivity index (χ0n) is 13.8. The Morgan fingerprint density at radius 2 is 1.67 bits per heavy atom. The molecular formula is C19H19FN2OS. The highest BCUT2D eigenvalue weighted by Gasteiger charge is 2.07. The third kappa shape index (κ3) is 4.99. The number of hydrogen-bond acceptors (Lipinski definition) is 2. The van der Waals surface area contributed by atoms with Gasteiger partial charge in [0.15, 0.2) is 5.11 Å². The molecule has 2 N–H and O–H groups in total. The van der Waals surface area contributed by atoms with Crippen LogP contribution < -0.4 is 10.6 Å². The lowest BCUT2D eigenvalue weighted by Crippen LogP contribution is -2.33. The van der Waals surface area contributed by atoms with Gasteiger partial charge in [0.2, 0.25) is 5.91 Å². The van der Waals surface area contributed by atoms with E-state index in [1.54, 1.807) is 18.2 Å². The van der Waals surface area contributed by atoms with E-state index in [1.807, 2.05) is 32.9 Å². The molecule has 0 aliphatic carbocycles. The van der Waals surface area contributed by atoms with Crippen molar-refractivity contribution in [3.8, 4) is 0 Å². The molecule has 0 heterocycles. The maximum absolute atomic E-state index is 12.8. The molecule has 1 amide bonds. The minimum atomic E-state index is -0.348. The van der Waals surface area contributed by atoms with Gasteiger partial charge in [-0.05, 0) is 67.9 Å². The number of benzene rings is 2. The van der Waals surface area contributed by atoms with Crippen LogP contribution in [0.3, 0.4) is 0 Å². The predicted molar refractivity (Wildman–Crippen MR) is 100 cm³/mol. The van der Waals surface area contributed by atoms with Crippen molar-refractivity contribution in [2.24, 2.45) is 0 Å². The topological polar surface area (TPSA) is 41.1 Å². The van der Waals surface area contributed by atoms with Crippen LogP contribution in [0.25, 0.3) is 6.08 Å². The highest BCUT2D eigenvalue weighted by Crippen LogP contribution is 2.21. The average Bonchev–Trinajstić information content (AvgIpc) is 2.50. The molecule has 0 saturated heterocycles. The molecule has 0 aromatic heterocycles. The van der Waals surface area contributed by atoms with Crippen molar-refractivity contribution in [2.45, 2.75) is 20.8 Å². The van der Waals surface area contributed by atoms with Crippen molar-refractivity contribution in [1.82, 2.24) is 5.32 Å². The van der Waals surface area contributed by atoms with E-state index in [0.717, 1.165) is 22.4 Å². The van der Waals surface area contributed by atoms with E-state index >= 15 is 0 Å². The molecular weight excluding hydrogens is 323 g/mol. The number of rotatable bonds is 3. The summed E-state index contributed by atoms with van der Waals surface area (Å²) in [5, 5.41) is 5.89. The molecule has 2 aromatic rings. The maximum atomic E-state index is 12.8. The van der Waals surface area contributed by atoms with Crippen LogP contribution in [0.4, 0.5) is 10.1 Å². The summed E-state index contributed by atoms with van der Waals surface area (Å²) in [6.07, 6.45) is 2.95. The van der Waals surface area contributed by atoms with Gasteiger partial charge in [0.05, 0.1) is 0 Å². The zero-order chi connectivity index (χ0) is 17.7. The Morgan fingerprint density at radius 1 is 1.08 bits per heavy atom. The lowest BCUT2D eigenvalue weighted by atomic mass is 10.1. The number of hydrogen-bond donors (Lipinski definition) is 2. The number of carbonyl (C=O) groups is 1. The summed E-state index contributed by atoms with van der Waals surface area (Å²) in [4.78, 5) is 11.9. The zero-order valence-corrected chi connectivity index (χ0v) is 14.6. The number of amides is 1. The average molecular weight is 342 g/mol. The standard InChI is InChI=1S/C19H19FN2OS/c1-12-10-13(2)18(14(3)11-12)22-19(24)21-17(23)9-6-15-4-7-16(20)8-5-15/h4-11H,1-3H3,(H2,21,22,23,24)/b9-6+. The SMILES string of the molecule is Cc1cc(C)c(NC(=S)NC(=O)/C=C/c2ccc(F)cc2)c(C)c1. The number of aryl methyl sites for hydroxylation is 3. The maximum Gasteiger partial charge on any atom is 0.250 e. The van der Waals surface area contributed by atoms with E-state index in [1.165, 1.54) is 23.8 Å². The first kappa shape index (κ1) is 17.8. The summed E-state index contributed by atoms with van der Waals surface area (Å²) < 4.78 is 12.8. The first-order chi connectivity index (χ1) is 11.3. The molecule has 0 atom stereocenters. The van der Waals surface area contributed by atoms with E-state index in [0.29, 0.717) is 0 Å². The monoisotopic (exact) mass is 342 g/mol. The normalized spacial score (nSPS) is 10.7. The highest BCUT2D eigenvalue weighted by molar-refractivity contribution is 7.80. The Labute approximate surface area is 146 Å². The molecule has 2 aromatic carbocycles. The highest BCUT2D eigenvalue weighted by atomic mass is 32.1. The summed E-state index contributed by atoms with van der Waals surface area (Å²) in [7, 11) is 0. The van der Waals surface area contributed by atoms with Gasteiger partial charge in [-0.15, -0.1) is 0 Å². The van der Waals surface area contributed by atoms with Crippen molar-refractivity contribution in [1.29, 1.82) is 0 Å². The van der Waals surface area contributed by atoms with Crippen LogP contribution in [-0.2, 0) is 4.79 Å². The molecule has 0 saturated carbocycles. The van der Waals surface area contributed by atoms with Crippen LogP contribution in [-0.4, -0.2) is 11.0 Å². The minimum absolute atomic E-state index is 0.235. The Bertz CT molecular complexity index is 775. The number of nitrogens with one attached hydrogen (secondary N) is 2. The number of thiocarbonyl (C=S) groups is 1. The molecule has 0 bridgehead atoms. The Kier molecular flexibility index (Phi) is 5.82. The molecule has 0 aliphatic heterocycles. The summed E-state index contributed by atoms with van der Waals surface area (Å²) in [6.45, 7) is 6.01. The molecule has 124 valence electrons. The van der Waals surface area contributed by atoms with Crippen molar-refractivity contribution < 1.29 is 9.18 Å². The third-order valence-corrected chi connectivity index (χ3v) is 3.65. The van der Waals surface area contributed by atoms with Gasteiger partial charge in [-0.25, -0.2) is 4.39 Å². The van der Waals surface area contributed by atoms with Crippen molar-refractivity contribution in [2.75, 3.05) is 5.32 Å². The van der Waals surface area contributed by atoms with Crippen LogP contribution >= 0.6 is 12.2 Å². The van der Waals surface area contributed by atoms with Gasteiger partial charge in [-0.1, -0.05) is 29.8 Å². The van der Waals surface area contributed by atoms with Crippen LogP contribution in [0.1, 0.15) is 22.3 Å². The van der Waals surface area contributed by atoms with Crippen LogP contribution in [0.5, 0.6) is 0 Å². The molecule has 0 aliphatic rings. The van der Waals surface area contributed by atoms with Crippen molar-refractivity contribution in [3.63, 3.8) is 0 Å². The number of halogens is 1. The lowest BCUT2D eigenvalue weighted by Gasteiger charge is -2.14. The van der Waals surface area contributed by atoms with E-state index in [9.17, 15) is 9.18 Å². The van der Waals surface area contributed by atoms with E-state index in [-0.39, 0.29) is 16.8 Å². The van der Waals surface area contributed by atoms with Crippen LogP contribution in [0.2, 0.25) is 0 Å². The van der Waals surface area contributed by atoms with Gasteiger partial charge in [0, 0.05) is 11.8 Å². The molecule has 0 fully saturated rings. The van der Waals surface area contributed by atoms with Crippen LogP contribution in [0, 0.1) is 26.6 Å². The second-order valence-corrected chi connectivity index (χ2v) is 6.01. The van der Waals surface area contributed by atoms with Crippen molar-refractivity contribution in [3.05, 3.63) is 70.5 Å². The van der Waals surface area contributed by atoms with Gasteiger partial charge < -0.3 is 5.32 Å². The van der Waals surface area contributed by atoms with E-state index in [4.69, 9.17) is 12.2 Å². The van der Waals surface area contributed by atoms with Gasteiger partial charge >= 0.3 is 0 Å². The van der Waals surface area contributed by atoms with E-state index < -0.39 is 0 Å². The first-order valence-corrected chi connectivity index (χ1v) is 7.89. The van der Waals surface area contributed by atoms with E-state index in [2.05, 4.69) is 10.6 Å². The summed E-state index contributed by atoms with van der Waals surface area (Å²) in [5.41, 5.74) is 4.92. The smallest absolute Gasteiger partial charge is 0.250 e. The molecule has 0 spiro atoms. The second-order valence-electron chi connectivity index (χ2n) is 5.60. The lowest BCUT2D eigenvalue weighted by molar-refractivity contribution is -0.115. The second kappa shape index (κ2) is 7.84. The predicted octanol–water partition coefficient (Wildman–Crippen LogP) is 4.28. The summed E-state index contributed by atoms with van der Waals surface area (Å²) in [5.74, 6) is -0.662. The van der Waals surface area contributed by atoms with Gasteiger partial charge in [0.25, 0.3) is 0 Å². The molecule has 2 rings (SSSR count).